The van der Waals surface area contributed by atoms with Crippen LogP contribution in [0.4, 0.5) is 0 Å². The zero-order valence-electron chi connectivity index (χ0n) is 19.4. The Balaban J connectivity index is 1.36. The average Bonchev–Trinajstić information content (AvgIpc) is 3.23. The van der Waals surface area contributed by atoms with Crippen molar-refractivity contribution in [3.05, 3.63) is 35.9 Å². The molecule has 3 saturated heterocycles. The Kier molecular flexibility index (Phi) is 7.82. The fraction of sp³-hybridized carbons (Fsp3) is 0.708. The third-order valence-electron chi connectivity index (χ3n) is 6.91. The first-order valence-electron chi connectivity index (χ1n) is 11.8. The van der Waals surface area contributed by atoms with E-state index in [9.17, 15) is 0 Å². The minimum Gasteiger partial charge on any atom is -0.379 e. The molecule has 0 saturated carbocycles. The zero-order valence-corrected chi connectivity index (χ0v) is 19.4. The Morgan fingerprint density at radius 1 is 1.10 bits per heavy atom. The Labute approximate surface area is 187 Å². The van der Waals surface area contributed by atoms with Crippen LogP contribution in [0, 0.1) is 5.92 Å². The first-order chi connectivity index (χ1) is 15.2. The fourth-order valence-corrected chi connectivity index (χ4v) is 5.17. The highest BCUT2D eigenvalue weighted by Gasteiger charge is 2.41. The standard InChI is InChI=1S/C24H39N5O2/c1-19(2)21(27-9-12-30-13-10-27)15-26-24(25-3)29-17-22-23(18-29)31-14-11-28(22)16-20-7-5-4-6-8-20/h4-8,19,21-23H,9-18H2,1-3H3,(H,25,26). The number of nitrogens with zero attached hydrogens (tertiary/aromatic N) is 4. The van der Waals surface area contributed by atoms with Gasteiger partial charge in [0.05, 0.1) is 32.0 Å². The summed E-state index contributed by atoms with van der Waals surface area (Å²) in [4.78, 5) is 12.2. The minimum atomic E-state index is 0.246. The van der Waals surface area contributed by atoms with Crippen LogP contribution in [0.25, 0.3) is 0 Å². The lowest BCUT2D eigenvalue weighted by Crippen LogP contribution is -2.53. The second kappa shape index (κ2) is 10.8. The second-order valence-electron chi connectivity index (χ2n) is 9.23. The van der Waals surface area contributed by atoms with Crippen molar-refractivity contribution < 1.29 is 9.47 Å². The lowest BCUT2D eigenvalue weighted by Gasteiger charge is -2.37. The predicted molar refractivity (Wildman–Crippen MR) is 124 cm³/mol. The molecular weight excluding hydrogens is 390 g/mol. The van der Waals surface area contributed by atoms with E-state index in [1.165, 1.54) is 5.56 Å². The van der Waals surface area contributed by atoms with Crippen LogP contribution in [0.2, 0.25) is 0 Å². The fourth-order valence-electron chi connectivity index (χ4n) is 5.17. The Morgan fingerprint density at radius 3 is 2.58 bits per heavy atom. The first kappa shape index (κ1) is 22.5. The average molecular weight is 430 g/mol. The molecule has 4 rings (SSSR count). The number of likely N-dealkylation sites (tertiary alicyclic amines) is 1. The van der Waals surface area contributed by atoms with Gasteiger partial charge in [0, 0.05) is 58.9 Å². The van der Waals surface area contributed by atoms with Crippen molar-refractivity contribution in [1.82, 2.24) is 20.0 Å². The molecule has 31 heavy (non-hydrogen) atoms. The number of nitrogens with one attached hydrogen (secondary N) is 1. The molecule has 7 nitrogen and oxygen atoms in total. The smallest absolute Gasteiger partial charge is 0.193 e. The first-order valence-corrected chi connectivity index (χ1v) is 11.8. The summed E-state index contributed by atoms with van der Waals surface area (Å²) in [5.41, 5.74) is 1.37. The van der Waals surface area contributed by atoms with E-state index in [2.05, 4.69) is 69.2 Å². The number of morpholine rings is 2. The van der Waals surface area contributed by atoms with Crippen LogP contribution in [-0.4, -0.2) is 105 Å². The molecule has 172 valence electrons. The molecule has 3 unspecified atom stereocenters. The van der Waals surface area contributed by atoms with Crippen molar-refractivity contribution in [1.29, 1.82) is 0 Å². The van der Waals surface area contributed by atoms with Crippen LogP contribution in [0.1, 0.15) is 19.4 Å². The topological polar surface area (TPSA) is 52.6 Å². The van der Waals surface area contributed by atoms with E-state index in [4.69, 9.17) is 9.47 Å². The quantitative estimate of drug-likeness (QED) is 0.547. The molecule has 0 bridgehead atoms. The van der Waals surface area contributed by atoms with Gasteiger partial charge in [-0.2, -0.15) is 0 Å². The molecule has 0 radical (unpaired) electrons. The number of ether oxygens (including phenoxy) is 2. The van der Waals surface area contributed by atoms with Crippen LogP contribution < -0.4 is 5.32 Å². The third-order valence-corrected chi connectivity index (χ3v) is 6.91. The van der Waals surface area contributed by atoms with Crippen molar-refractivity contribution in [3.8, 4) is 0 Å². The summed E-state index contributed by atoms with van der Waals surface area (Å²) in [5.74, 6) is 1.58. The number of hydrogen-bond acceptors (Lipinski definition) is 5. The van der Waals surface area contributed by atoms with Gasteiger partial charge in [-0.1, -0.05) is 44.2 Å². The largest absolute Gasteiger partial charge is 0.379 e. The molecule has 1 N–H and O–H groups in total. The molecule has 1 aromatic carbocycles. The van der Waals surface area contributed by atoms with Gasteiger partial charge in [0.1, 0.15) is 0 Å². The van der Waals surface area contributed by atoms with Crippen molar-refractivity contribution in [2.45, 2.75) is 38.6 Å². The summed E-state index contributed by atoms with van der Waals surface area (Å²) in [6, 6.07) is 11.7. The Morgan fingerprint density at radius 2 is 1.87 bits per heavy atom. The summed E-state index contributed by atoms with van der Waals surface area (Å²) in [6.07, 6.45) is 0.246. The lowest BCUT2D eigenvalue weighted by atomic mass is 10.0. The Bertz CT molecular complexity index is 707. The van der Waals surface area contributed by atoms with Crippen LogP contribution in [-0.2, 0) is 16.0 Å². The van der Waals surface area contributed by atoms with Gasteiger partial charge in [-0.05, 0) is 11.5 Å². The Hall–Kier alpha value is -1.67. The van der Waals surface area contributed by atoms with Gasteiger partial charge in [0.2, 0.25) is 0 Å². The molecule has 3 heterocycles. The molecule has 1 aromatic rings. The second-order valence-corrected chi connectivity index (χ2v) is 9.23. The molecule has 0 aromatic heterocycles. The molecule has 0 aliphatic carbocycles. The summed E-state index contributed by atoms with van der Waals surface area (Å²) in [7, 11) is 1.89. The molecule has 3 fully saturated rings. The van der Waals surface area contributed by atoms with E-state index in [1.807, 2.05) is 7.05 Å². The highest BCUT2D eigenvalue weighted by Crippen LogP contribution is 2.25. The van der Waals surface area contributed by atoms with E-state index < -0.39 is 0 Å². The number of fused-ring (bicyclic) bond motifs is 1. The third kappa shape index (κ3) is 5.58. The highest BCUT2D eigenvalue weighted by atomic mass is 16.5. The summed E-state index contributed by atoms with van der Waals surface area (Å²) < 4.78 is 11.7. The van der Waals surface area contributed by atoms with Gasteiger partial charge in [-0.25, -0.2) is 0 Å². The minimum absolute atomic E-state index is 0.246. The molecule has 3 aliphatic heterocycles. The number of benzene rings is 1. The summed E-state index contributed by atoms with van der Waals surface area (Å²) >= 11 is 0. The van der Waals surface area contributed by atoms with Gasteiger partial charge in [0.25, 0.3) is 0 Å². The van der Waals surface area contributed by atoms with Gasteiger partial charge < -0.3 is 19.7 Å². The van der Waals surface area contributed by atoms with Crippen LogP contribution >= 0.6 is 0 Å². The van der Waals surface area contributed by atoms with Crippen molar-refractivity contribution in [2.24, 2.45) is 10.9 Å². The number of rotatable bonds is 6. The maximum atomic E-state index is 6.17. The van der Waals surface area contributed by atoms with Crippen LogP contribution in [0.5, 0.6) is 0 Å². The maximum absolute atomic E-state index is 6.17. The van der Waals surface area contributed by atoms with Gasteiger partial charge in [0.15, 0.2) is 5.96 Å². The van der Waals surface area contributed by atoms with Crippen molar-refractivity contribution in [3.63, 3.8) is 0 Å². The molecule has 0 spiro atoms. The molecule has 7 heteroatoms. The van der Waals surface area contributed by atoms with Crippen molar-refractivity contribution in [2.75, 3.05) is 66.1 Å². The van der Waals surface area contributed by atoms with Gasteiger partial charge in [-0.3, -0.25) is 14.8 Å². The molecular formula is C24H39N5O2. The van der Waals surface area contributed by atoms with Crippen molar-refractivity contribution >= 4 is 5.96 Å². The maximum Gasteiger partial charge on any atom is 0.193 e. The lowest BCUT2D eigenvalue weighted by molar-refractivity contribution is -0.0502. The summed E-state index contributed by atoms with van der Waals surface area (Å²) in [6.45, 7) is 13.9. The molecule has 3 aliphatic rings. The van der Waals surface area contributed by atoms with E-state index >= 15 is 0 Å². The van der Waals surface area contributed by atoms with E-state index in [0.29, 0.717) is 18.0 Å². The van der Waals surface area contributed by atoms with Gasteiger partial charge in [-0.15, -0.1) is 0 Å². The van der Waals surface area contributed by atoms with Gasteiger partial charge >= 0.3 is 0 Å². The molecule has 0 amide bonds. The SMILES string of the molecule is CN=C(NCC(C(C)C)N1CCOCC1)N1CC2OCCN(Cc3ccccc3)C2C1. The predicted octanol–water partition coefficient (Wildman–Crippen LogP) is 1.50. The number of guanidine groups is 1. The zero-order chi connectivity index (χ0) is 21.6. The van der Waals surface area contributed by atoms with E-state index in [-0.39, 0.29) is 6.10 Å². The number of aliphatic imine (C=N–C) groups is 1. The summed E-state index contributed by atoms with van der Waals surface area (Å²) in [5, 5.41) is 3.68. The van der Waals surface area contributed by atoms with Crippen LogP contribution in [0.15, 0.2) is 35.3 Å². The highest BCUT2D eigenvalue weighted by molar-refractivity contribution is 5.80. The van der Waals surface area contributed by atoms with Crippen LogP contribution in [0.3, 0.4) is 0 Å². The monoisotopic (exact) mass is 429 g/mol. The number of hydrogen-bond donors (Lipinski definition) is 1. The van der Waals surface area contributed by atoms with E-state index in [0.717, 1.165) is 71.6 Å². The van der Waals surface area contributed by atoms with E-state index in [1.54, 1.807) is 0 Å². The molecule has 3 atom stereocenters. The normalized spacial score (nSPS) is 26.8.